The highest BCUT2D eigenvalue weighted by Gasteiger charge is 2.36. The first-order chi connectivity index (χ1) is 14.0. The number of aromatic carboxylic acids is 1. The molecule has 1 atom stereocenters. The highest BCUT2D eigenvalue weighted by atomic mass is 19.1. The molecular weight excluding hydrogens is 373 g/mol. The first kappa shape index (κ1) is 17.8. The number of aryl methyl sites for hydroxylation is 1. The Labute approximate surface area is 166 Å². The van der Waals surface area contributed by atoms with Crippen molar-refractivity contribution in [3.8, 4) is 11.4 Å². The number of para-hydroxylation sites is 1. The molecule has 1 fully saturated rings. The van der Waals surface area contributed by atoms with E-state index < -0.39 is 11.8 Å². The van der Waals surface area contributed by atoms with Gasteiger partial charge in [-0.2, -0.15) is 0 Å². The Morgan fingerprint density at radius 1 is 1.31 bits per heavy atom. The number of carboxylic acids is 1. The number of fused-ring (bicyclic) bond motifs is 3. The molecule has 5 N–H and O–H groups in total. The molecule has 0 bridgehead atoms. The van der Waals surface area contributed by atoms with E-state index in [0.717, 1.165) is 24.0 Å². The average Bonchev–Trinajstić information content (AvgIpc) is 3.48. The van der Waals surface area contributed by atoms with Crippen LogP contribution in [0.25, 0.3) is 11.4 Å². The van der Waals surface area contributed by atoms with E-state index in [9.17, 15) is 14.3 Å². The standard InChI is InChI=1S/C21H20FN5O2/c22-13-3-1-2-4-14(13)25-21-24-9-11-7-8-12-15(20(28)29)19(16(23)10-5-6-10)26-18(12)17(11)27-21/h1-4,9-10,16,26H,5-8,23H2,(H,28,29)(H,24,25,27). The van der Waals surface area contributed by atoms with Gasteiger partial charge in [0.1, 0.15) is 5.82 Å². The fourth-order valence-electron chi connectivity index (χ4n) is 4.01. The van der Waals surface area contributed by atoms with Crippen molar-refractivity contribution in [1.82, 2.24) is 15.0 Å². The number of nitrogens with two attached hydrogens (primary N) is 1. The molecule has 2 aliphatic rings. The van der Waals surface area contributed by atoms with Crippen LogP contribution in [0.1, 0.15) is 46.1 Å². The van der Waals surface area contributed by atoms with E-state index in [4.69, 9.17) is 5.73 Å². The summed E-state index contributed by atoms with van der Waals surface area (Å²) in [5.41, 5.74) is 10.4. The number of anilines is 2. The van der Waals surface area contributed by atoms with E-state index in [0.29, 0.717) is 35.8 Å². The zero-order valence-electron chi connectivity index (χ0n) is 15.6. The molecule has 1 saturated carbocycles. The van der Waals surface area contributed by atoms with Crippen LogP contribution in [0.2, 0.25) is 0 Å². The van der Waals surface area contributed by atoms with Crippen molar-refractivity contribution in [3.63, 3.8) is 0 Å². The second kappa shape index (κ2) is 6.66. The Kier molecular flexibility index (Phi) is 4.09. The van der Waals surface area contributed by atoms with Crippen molar-refractivity contribution in [1.29, 1.82) is 0 Å². The normalized spacial score (nSPS) is 16.1. The fraction of sp³-hybridized carbons (Fsp3) is 0.286. The summed E-state index contributed by atoms with van der Waals surface area (Å²) in [6, 6.07) is 5.96. The maximum absolute atomic E-state index is 14.0. The summed E-state index contributed by atoms with van der Waals surface area (Å²) in [5, 5.41) is 12.7. The second-order valence-corrected chi connectivity index (χ2v) is 7.61. The lowest BCUT2D eigenvalue weighted by atomic mass is 9.91. The van der Waals surface area contributed by atoms with E-state index in [2.05, 4.69) is 20.3 Å². The summed E-state index contributed by atoms with van der Waals surface area (Å²) in [5.74, 6) is -0.811. The molecule has 2 aliphatic carbocycles. The molecule has 1 unspecified atom stereocenters. The number of halogens is 1. The first-order valence-electron chi connectivity index (χ1n) is 9.64. The van der Waals surface area contributed by atoms with Crippen LogP contribution in [-0.4, -0.2) is 26.0 Å². The van der Waals surface area contributed by atoms with E-state index in [-0.39, 0.29) is 23.2 Å². The fourth-order valence-corrected chi connectivity index (χ4v) is 4.01. The molecule has 8 heteroatoms. The zero-order valence-corrected chi connectivity index (χ0v) is 15.6. The van der Waals surface area contributed by atoms with Gasteiger partial charge in [-0.25, -0.2) is 19.2 Å². The number of hydrogen-bond acceptors (Lipinski definition) is 5. The maximum atomic E-state index is 14.0. The number of hydrogen-bond donors (Lipinski definition) is 4. The molecule has 7 nitrogen and oxygen atoms in total. The quantitative estimate of drug-likeness (QED) is 0.527. The summed E-state index contributed by atoms with van der Waals surface area (Å²) >= 11 is 0. The van der Waals surface area contributed by atoms with E-state index >= 15 is 0 Å². The van der Waals surface area contributed by atoms with Crippen molar-refractivity contribution in [2.75, 3.05) is 5.32 Å². The number of H-pyrrole nitrogens is 1. The van der Waals surface area contributed by atoms with E-state index in [1.807, 2.05) is 0 Å². The first-order valence-corrected chi connectivity index (χ1v) is 9.64. The summed E-state index contributed by atoms with van der Waals surface area (Å²) in [7, 11) is 0. The molecular formula is C21H20FN5O2. The Hall–Kier alpha value is -3.26. The number of carbonyl (C=O) groups is 1. The van der Waals surface area contributed by atoms with Crippen LogP contribution in [0.15, 0.2) is 30.5 Å². The monoisotopic (exact) mass is 393 g/mol. The molecule has 0 spiro atoms. The van der Waals surface area contributed by atoms with Gasteiger partial charge in [-0.3, -0.25) is 0 Å². The van der Waals surface area contributed by atoms with Crippen LogP contribution in [0.4, 0.5) is 16.0 Å². The smallest absolute Gasteiger partial charge is 0.337 e. The van der Waals surface area contributed by atoms with Gasteiger partial charge in [-0.1, -0.05) is 12.1 Å². The molecule has 5 rings (SSSR count). The lowest BCUT2D eigenvalue weighted by Crippen LogP contribution is -2.17. The van der Waals surface area contributed by atoms with E-state index in [1.165, 1.54) is 6.07 Å². The van der Waals surface area contributed by atoms with Crippen molar-refractivity contribution >= 4 is 17.6 Å². The molecule has 0 amide bonds. The predicted molar refractivity (Wildman–Crippen MR) is 106 cm³/mol. The van der Waals surface area contributed by atoms with Crippen LogP contribution < -0.4 is 11.1 Å². The summed E-state index contributed by atoms with van der Waals surface area (Å²) < 4.78 is 14.0. The zero-order chi connectivity index (χ0) is 20.1. The Morgan fingerprint density at radius 3 is 2.83 bits per heavy atom. The highest BCUT2D eigenvalue weighted by Crippen LogP contribution is 2.43. The number of benzene rings is 1. The van der Waals surface area contributed by atoms with Crippen molar-refractivity contribution in [2.45, 2.75) is 31.7 Å². The molecule has 0 saturated heterocycles. The van der Waals surface area contributed by atoms with Gasteiger partial charge in [0.25, 0.3) is 0 Å². The number of rotatable bonds is 5. The largest absolute Gasteiger partial charge is 0.478 e. The maximum Gasteiger partial charge on any atom is 0.337 e. The molecule has 2 heterocycles. The molecule has 1 aromatic carbocycles. The van der Waals surface area contributed by atoms with E-state index in [1.54, 1.807) is 24.4 Å². The number of aromatic nitrogens is 3. The van der Waals surface area contributed by atoms with Crippen LogP contribution in [0.5, 0.6) is 0 Å². The average molecular weight is 393 g/mol. The molecule has 29 heavy (non-hydrogen) atoms. The molecule has 2 aromatic heterocycles. The molecule has 3 aromatic rings. The van der Waals surface area contributed by atoms with Gasteiger partial charge < -0.3 is 21.1 Å². The SMILES string of the molecule is NC(c1[nH]c2c(c1C(=O)O)CCc1cnc(Nc3ccccc3F)nc1-2)C1CC1. The van der Waals surface area contributed by atoms with Gasteiger partial charge in [0.05, 0.1) is 22.6 Å². The third kappa shape index (κ3) is 3.05. The number of nitrogens with zero attached hydrogens (tertiary/aromatic N) is 2. The third-order valence-corrected chi connectivity index (χ3v) is 5.68. The number of aromatic amines is 1. The third-order valence-electron chi connectivity index (χ3n) is 5.68. The van der Waals surface area contributed by atoms with Crippen LogP contribution in [-0.2, 0) is 12.8 Å². The number of nitrogens with one attached hydrogen (secondary N) is 2. The highest BCUT2D eigenvalue weighted by molar-refractivity contribution is 5.94. The van der Waals surface area contributed by atoms with Crippen molar-refractivity contribution in [3.05, 3.63) is 58.7 Å². The van der Waals surface area contributed by atoms with Gasteiger partial charge in [-0.15, -0.1) is 0 Å². The Balaban J connectivity index is 1.58. The van der Waals surface area contributed by atoms with Gasteiger partial charge in [0.2, 0.25) is 5.95 Å². The Bertz CT molecular complexity index is 1120. The lowest BCUT2D eigenvalue weighted by molar-refractivity contribution is 0.0694. The van der Waals surface area contributed by atoms with Crippen LogP contribution >= 0.6 is 0 Å². The number of carboxylic acid groups (broad SMARTS) is 1. The lowest BCUT2D eigenvalue weighted by Gasteiger charge is -2.16. The molecule has 148 valence electrons. The van der Waals surface area contributed by atoms with Gasteiger partial charge in [0, 0.05) is 17.9 Å². The predicted octanol–water partition coefficient (Wildman–Crippen LogP) is 3.56. The minimum absolute atomic E-state index is 0.251. The minimum atomic E-state index is -0.976. The second-order valence-electron chi connectivity index (χ2n) is 7.61. The van der Waals surface area contributed by atoms with Crippen LogP contribution in [0, 0.1) is 11.7 Å². The summed E-state index contributed by atoms with van der Waals surface area (Å²) in [6.07, 6.45) is 4.95. The molecule has 0 radical (unpaired) electrons. The minimum Gasteiger partial charge on any atom is -0.478 e. The summed E-state index contributed by atoms with van der Waals surface area (Å²) in [6.45, 7) is 0. The van der Waals surface area contributed by atoms with Gasteiger partial charge >= 0.3 is 5.97 Å². The van der Waals surface area contributed by atoms with Gasteiger partial charge in [0.15, 0.2) is 0 Å². The van der Waals surface area contributed by atoms with Gasteiger partial charge in [-0.05, 0) is 54.9 Å². The topological polar surface area (TPSA) is 117 Å². The summed E-state index contributed by atoms with van der Waals surface area (Å²) in [4.78, 5) is 24.1. The molecule has 0 aliphatic heterocycles. The Morgan fingerprint density at radius 2 is 2.10 bits per heavy atom. The van der Waals surface area contributed by atoms with Crippen molar-refractivity contribution in [2.24, 2.45) is 11.7 Å². The van der Waals surface area contributed by atoms with Crippen molar-refractivity contribution < 1.29 is 14.3 Å². The van der Waals surface area contributed by atoms with Crippen LogP contribution in [0.3, 0.4) is 0 Å².